The van der Waals surface area contributed by atoms with Crippen LogP contribution < -0.4 is 27.2 Å². The van der Waals surface area contributed by atoms with Crippen molar-refractivity contribution in [1.29, 1.82) is 0 Å². The van der Waals surface area contributed by atoms with Gasteiger partial charge in [-0.05, 0) is 75.0 Å². The van der Waals surface area contributed by atoms with Crippen LogP contribution in [-0.2, 0) is 6.54 Å². The van der Waals surface area contributed by atoms with Crippen LogP contribution in [0.2, 0.25) is 0 Å². The Bertz CT molecular complexity index is 1440. The topological polar surface area (TPSA) is 68.2 Å². The lowest BCUT2D eigenvalue weighted by molar-refractivity contribution is -0.00000781. The number of hydrogen-bond acceptors (Lipinski definition) is 3. The molecule has 0 atom stereocenters. The van der Waals surface area contributed by atoms with Crippen LogP contribution in [0, 0.1) is 6.92 Å². The van der Waals surface area contributed by atoms with E-state index in [1.165, 1.54) is 5.56 Å². The van der Waals surface area contributed by atoms with Gasteiger partial charge in [-0.1, -0.05) is 23.3 Å². The molecule has 0 aromatic heterocycles. The summed E-state index contributed by atoms with van der Waals surface area (Å²) in [6, 6.07) is 19.4. The van der Waals surface area contributed by atoms with E-state index in [4.69, 9.17) is 9.95 Å². The number of azide groups is 1. The Kier molecular flexibility index (Phi) is 9.03. The van der Waals surface area contributed by atoms with Crippen molar-refractivity contribution in [2.75, 3.05) is 31.1 Å². The van der Waals surface area contributed by atoms with Crippen molar-refractivity contribution in [3.8, 4) is 22.5 Å². The zero-order valence-corrected chi connectivity index (χ0v) is 22.5. The van der Waals surface area contributed by atoms with Gasteiger partial charge in [0.2, 0.25) is 5.36 Å². The first-order valence-electron chi connectivity index (χ1n) is 12.5. The van der Waals surface area contributed by atoms with Crippen LogP contribution in [0.5, 0.6) is 0 Å². The van der Waals surface area contributed by atoms with E-state index >= 15 is 0 Å². The summed E-state index contributed by atoms with van der Waals surface area (Å²) in [6.45, 7) is 14.9. The van der Waals surface area contributed by atoms with Crippen molar-refractivity contribution in [3.05, 3.63) is 81.5 Å². The molecule has 0 N–H and O–H groups in total. The van der Waals surface area contributed by atoms with Gasteiger partial charge >= 0.3 is 0 Å². The molecule has 4 rings (SSSR count). The minimum Gasteiger partial charge on any atom is -1.00 e. The molecule has 2 aromatic carbocycles. The number of halogens is 1. The summed E-state index contributed by atoms with van der Waals surface area (Å²) in [5, 5.41) is 5.98. The molecule has 188 valence electrons. The molecule has 2 aromatic rings. The summed E-state index contributed by atoms with van der Waals surface area (Å²) in [6.07, 6.45) is 0. The van der Waals surface area contributed by atoms with E-state index in [0.29, 0.717) is 6.54 Å². The smallest absolute Gasteiger partial charge is 0.203 e. The maximum Gasteiger partial charge on any atom is 0.203 e. The van der Waals surface area contributed by atoms with Gasteiger partial charge in [-0.15, -0.1) is 0 Å². The van der Waals surface area contributed by atoms with Crippen molar-refractivity contribution >= 4 is 16.7 Å². The minimum absolute atomic E-state index is 0. The summed E-state index contributed by atoms with van der Waals surface area (Å²) in [5.41, 5.74) is 16.3. The first-order chi connectivity index (χ1) is 17.0. The fraction of sp³-hybridized carbons (Fsp3) is 0.345. The normalized spacial score (nSPS) is 10.7. The van der Waals surface area contributed by atoms with Gasteiger partial charge in [0.25, 0.3) is 0 Å². The SMILES string of the molecule is CCN(CC)c1ccc2c(-c3ccc(CN=[N+]=[N-])cc3C)c3ccc(=[N+](CC)CC)cc-3oc2c1.[Cl-]. The zero-order chi connectivity index (χ0) is 24.9. The molecule has 7 heteroatoms. The molecule has 1 heterocycles. The fourth-order valence-corrected chi connectivity index (χ4v) is 4.95. The maximum atomic E-state index is 8.70. The Morgan fingerprint density at radius 3 is 2.28 bits per heavy atom. The summed E-state index contributed by atoms with van der Waals surface area (Å²) in [5.74, 6) is 0.881. The molecule has 0 saturated heterocycles. The van der Waals surface area contributed by atoms with Gasteiger partial charge in [0.1, 0.15) is 24.4 Å². The van der Waals surface area contributed by atoms with Gasteiger partial charge in [0.05, 0.1) is 12.6 Å². The second-order valence-corrected chi connectivity index (χ2v) is 8.72. The Morgan fingerprint density at radius 1 is 0.917 bits per heavy atom. The van der Waals surface area contributed by atoms with E-state index in [9.17, 15) is 0 Å². The molecule has 0 spiro atoms. The van der Waals surface area contributed by atoms with Gasteiger partial charge in [-0.2, -0.15) is 0 Å². The standard InChI is InChI=1S/C29H34N5O.ClH/c1-6-33(7-2)22-11-14-25-27(17-22)35-28-18-23(34(8-3)9-4)12-15-26(28)29(25)24-13-10-21(16-20(24)5)19-31-32-30;/h10-18H,6-9,19H2,1-5H3;1H/q+1;/p-1. The van der Waals surface area contributed by atoms with E-state index in [1.54, 1.807) is 0 Å². The Labute approximate surface area is 219 Å². The third-order valence-electron chi connectivity index (χ3n) is 6.82. The van der Waals surface area contributed by atoms with Crippen LogP contribution in [0.1, 0.15) is 38.8 Å². The quantitative estimate of drug-likeness (QED) is 0.120. The summed E-state index contributed by atoms with van der Waals surface area (Å²) >= 11 is 0. The average molecular weight is 504 g/mol. The average Bonchev–Trinajstić information content (AvgIpc) is 2.87. The number of benzene rings is 3. The third-order valence-corrected chi connectivity index (χ3v) is 6.82. The molecule has 1 aliphatic heterocycles. The molecular weight excluding hydrogens is 470 g/mol. The van der Waals surface area contributed by atoms with Gasteiger partial charge in [-0.3, -0.25) is 0 Å². The maximum absolute atomic E-state index is 8.70. The molecular formula is C29H34ClN5O. The second kappa shape index (κ2) is 12.0. The lowest BCUT2D eigenvalue weighted by Gasteiger charge is -2.22. The van der Waals surface area contributed by atoms with Crippen molar-refractivity contribution in [3.63, 3.8) is 0 Å². The van der Waals surface area contributed by atoms with Gasteiger partial charge in [-0.25, -0.2) is 4.58 Å². The number of anilines is 1. The number of nitrogens with zero attached hydrogens (tertiary/aromatic N) is 5. The summed E-state index contributed by atoms with van der Waals surface area (Å²) in [7, 11) is 0. The van der Waals surface area contributed by atoms with Crippen LogP contribution in [0.4, 0.5) is 5.69 Å². The first kappa shape index (κ1) is 27.1. The number of hydrogen-bond donors (Lipinski definition) is 0. The first-order valence-corrected chi connectivity index (χ1v) is 12.5. The van der Waals surface area contributed by atoms with Crippen LogP contribution in [0.3, 0.4) is 0 Å². The van der Waals surface area contributed by atoms with E-state index < -0.39 is 0 Å². The largest absolute Gasteiger partial charge is 1.00 e. The monoisotopic (exact) mass is 503 g/mol. The summed E-state index contributed by atoms with van der Waals surface area (Å²) < 4.78 is 8.91. The number of aryl methyl sites for hydroxylation is 1. The highest BCUT2D eigenvalue weighted by molar-refractivity contribution is 6.03. The molecule has 0 unspecified atom stereocenters. The van der Waals surface area contributed by atoms with Crippen molar-refractivity contribution in [2.24, 2.45) is 5.11 Å². The number of rotatable bonds is 8. The fourth-order valence-electron chi connectivity index (χ4n) is 4.95. The molecule has 2 aliphatic rings. The van der Waals surface area contributed by atoms with E-state index in [0.717, 1.165) is 76.2 Å². The van der Waals surface area contributed by atoms with Crippen molar-refractivity contribution < 1.29 is 16.8 Å². The Balaban J connectivity index is 0.00000361. The van der Waals surface area contributed by atoms with Gasteiger partial charge in [0, 0.05) is 52.3 Å². The minimum atomic E-state index is 0. The molecule has 0 amide bonds. The molecule has 0 saturated carbocycles. The predicted molar refractivity (Wildman–Crippen MR) is 146 cm³/mol. The van der Waals surface area contributed by atoms with Crippen LogP contribution in [0.15, 0.2) is 64.1 Å². The van der Waals surface area contributed by atoms with Crippen LogP contribution in [-0.4, -0.2) is 26.2 Å². The predicted octanol–water partition coefficient (Wildman–Crippen LogP) is 3.99. The van der Waals surface area contributed by atoms with E-state index in [1.807, 2.05) is 6.07 Å². The lowest BCUT2D eigenvalue weighted by atomic mass is 9.90. The van der Waals surface area contributed by atoms with E-state index in [-0.39, 0.29) is 12.4 Å². The second-order valence-electron chi connectivity index (χ2n) is 8.72. The third kappa shape index (κ3) is 5.20. The molecule has 6 nitrogen and oxygen atoms in total. The molecule has 1 aliphatic carbocycles. The number of fused-ring (bicyclic) bond motifs is 2. The highest BCUT2D eigenvalue weighted by Gasteiger charge is 2.20. The summed E-state index contributed by atoms with van der Waals surface area (Å²) in [4.78, 5) is 5.23. The van der Waals surface area contributed by atoms with E-state index in [2.05, 4.69) is 103 Å². The molecule has 0 bridgehead atoms. The molecule has 0 radical (unpaired) electrons. The van der Waals surface area contributed by atoms with Crippen molar-refractivity contribution in [2.45, 2.75) is 41.2 Å². The Hall–Kier alpha value is -3.47. The molecule has 36 heavy (non-hydrogen) atoms. The molecule has 0 fully saturated rings. The zero-order valence-electron chi connectivity index (χ0n) is 21.8. The highest BCUT2D eigenvalue weighted by Crippen LogP contribution is 2.42. The Morgan fingerprint density at radius 2 is 1.64 bits per heavy atom. The lowest BCUT2D eigenvalue weighted by Crippen LogP contribution is -3.00. The van der Waals surface area contributed by atoms with Crippen LogP contribution >= 0.6 is 0 Å². The van der Waals surface area contributed by atoms with Crippen molar-refractivity contribution in [1.82, 2.24) is 4.58 Å². The highest BCUT2D eigenvalue weighted by atomic mass is 35.5. The van der Waals surface area contributed by atoms with Gasteiger partial charge in [0.15, 0.2) is 0 Å². The van der Waals surface area contributed by atoms with Gasteiger partial charge < -0.3 is 21.7 Å². The van der Waals surface area contributed by atoms with Crippen LogP contribution in [0.25, 0.3) is 43.9 Å².